The van der Waals surface area contributed by atoms with E-state index in [1.54, 1.807) is 22.8 Å². The SMILES string of the molecule is COC(=O)c1c(NC(=O)CSc2nnc(-c3ccc(Cl)c(Cl)c3)n2C)sc(C)c1-c1ccccc1. The van der Waals surface area contributed by atoms with Crippen molar-refractivity contribution in [1.29, 1.82) is 0 Å². The Morgan fingerprint density at radius 1 is 1.09 bits per heavy atom. The first-order valence-corrected chi connectivity index (χ1v) is 12.9. The molecule has 4 aromatic rings. The third-order valence-corrected chi connectivity index (χ3v) is 7.91. The van der Waals surface area contributed by atoms with Crippen LogP contribution in [0.1, 0.15) is 15.2 Å². The van der Waals surface area contributed by atoms with E-state index in [4.69, 9.17) is 27.9 Å². The van der Waals surface area contributed by atoms with Crippen molar-refractivity contribution in [2.45, 2.75) is 12.1 Å². The second kappa shape index (κ2) is 10.8. The quantitative estimate of drug-likeness (QED) is 0.215. The number of halogens is 2. The zero-order valence-corrected chi connectivity index (χ0v) is 22.1. The van der Waals surface area contributed by atoms with Gasteiger partial charge >= 0.3 is 5.97 Å². The summed E-state index contributed by atoms with van der Waals surface area (Å²) in [5.41, 5.74) is 2.74. The molecule has 0 saturated heterocycles. The van der Waals surface area contributed by atoms with Crippen LogP contribution in [0.25, 0.3) is 22.5 Å². The summed E-state index contributed by atoms with van der Waals surface area (Å²) < 4.78 is 6.79. The van der Waals surface area contributed by atoms with Gasteiger partial charge in [-0.15, -0.1) is 21.5 Å². The Hall–Kier alpha value is -2.85. The van der Waals surface area contributed by atoms with Gasteiger partial charge in [-0.1, -0.05) is 65.3 Å². The molecule has 2 heterocycles. The lowest BCUT2D eigenvalue weighted by Crippen LogP contribution is -2.16. The Labute approximate surface area is 220 Å². The van der Waals surface area contributed by atoms with Crippen LogP contribution in [0.4, 0.5) is 5.00 Å². The number of benzene rings is 2. The van der Waals surface area contributed by atoms with Gasteiger partial charge in [-0.2, -0.15) is 0 Å². The molecule has 35 heavy (non-hydrogen) atoms. The molecule has 4 rings (SSSR count). The lowest BCUT2D eigenvalue weighted by Gasteiger charge is -2.08. The smallest absolute Gasteiger partial charge is 0.341 e. The highest BCUT2D eigenvalue weighted by atomic mass is 35.5. The molecular formula is C24H20Cl2N4O3S2. The van der Waals surface area contributed by atoms with Crippen LogP contribution in [0.5, 0.6) is 0 Å². The Morgan fingerprint density at radius 3 is 2.51 bits per heavy atom. The van der Waals surface area contributed by atoms with Crippen molar-refractivity contribution in [3.63, 3.8) is 0 Å². The van der Waals surface area contributed by atoms with Crippen LogP contribution in [-0.2, 0) is 16.6 Å². The number of aromatic nitrogens is 3. The second-order valence-electron chi connectivity index (χ2n) is 7.43. The Bertz CT molecular complexity index is 1400. The fourth-order valence-corrected chi connectivity index (χ4v) is 5.59. The van der Waals surface area contributed by atoms with Gasteiger partial charge < -0.3 is 14.6 Å². The molecule has 0 aliphatic heterocycles. The number of amides is 1. The second-order valence-corrected chi connectivity index (χ2v) is 10.4. The van der Waals surface area contributed by atoms with E-state index in [2.05, 4.69) is 15.5 Å². The van der Waals surface area contributed by atoms with Crippen LogP contribution in [0.3, 0.4) is 0 Å². The molecule has 1 N–H and O–H groups in total. The van der Waals surface area contributed by atoms with Crippen LogP contribution in [-0.4, -0.2) is 39.5 Å². The molecule has 0 bridgehead atoms. The van der Waals surface area contributed by atoms with Gasteiger partial charge in [0.25, 0.3) is 0 Å². The molecule has 2 aromatic heterocycles. The Kier molecular flexibility index (Phi) is 7.81. The highest BCUT2D eigenvalue weighted by Gasteiger charge is 2.25. The van der Waals surface area contributed by atoms with Gasteiger partial charge in [-0.25, -0.2) is 4.79 Å². The van der Waals surface area contributed by atoms with Crippen molar-refractivity contribution < 1.29 is 14.3 Å². The molecule has 11 heteroatoms. The number of anilines is 1. The molecule has 0 spiro atoms. The first-order chi connectivity index (χ1) is 16.8. The minimum absolute atomic E-state index is 0.0750. The highest BCUT2D eigenvalue weighted by Crippen LogP contribution is 2.40. The van der Waals surface area contributed by atoms with Gasteiger partial charge in [-0.05, 0) is 30.7 Å². The van der Waals surface area contributed by atoms with Crippen LogP contribution in [0.2, 0.25) is 10.0 Å². The molecule has 0 unspecified atom stereocenters. The summed E-state index contributed by atoms with van der Waals surface area (Å²) >= 11 is 14.7. The molecule has 7 nitrogen and oxygen atoms in total. The summed E-state index contributed by atoms with van der Waals surface area (Å²) in [7, 11) is 3.13. The number of thiophene rings is 1. The molecule has 0 atom stereocenters. The normalized spacial score (nSPS) is 10.9. The molecule has 1 amide bonds. The average molecular weight is 547 g/mol. The molecule has 180 valence electrons. The van der Waals surface area contributed by atoms with E-state index >= 15 is 0 Å². The summed E-state index contributed by atoms with van der Waals surface area (Å²) in [6.07, 6.45) is 0. The summed E-state index contributed by atoms with van der Waals surface area (Å²) in [5.74, 6) is -0.109. The summed E-state index contributed by atoms with van der Waals surface area (Å²) in [4.78, 5) is 26.3. The number of aryl methyl sites for hydroxylation is 1. The number of hydrogen-bond donors (Lipinski definition) is 1. The summed E-state index contributed by atoms with van der Waals surface area (Å²) in [6.45, 7) is 1.91. The number of methoxy groups -OCH3 is 1. The maximum Gasteiger partial charge on any atom is 0.341 e. The van der Waals surface area contributed by atoms with Crippen molar-refractivity contribution in [3.05, 3.63) is 69.0 Å². The van der Waals surface area contributed by atoms with E-state index in [-0.39, 0.29) is 11.7 Å². The number of carbonyl (C=O) groups excluding carboxylic acids is 2. The third kappa shape index (κ3) is 5.38. The van der Waals surface area contributed by atoms with Gasteiger partial charge in [0.15, 0.2) is 11.0 Å². The van der Waals surface area contributed by atoms with E-state index in [1.165, 1.54) is 30.2 Å². The van der Waals surface area contributed by atoms with Crippen molar-refractivity contribution in [3.8, 4) is 22.5 Å². The maximum absolute atomic E-state index is 12.8. The topological polar surface area (TPSA) is 86.1 Å². The van der Waals surface area contributed by atoms with E-state index in [0.717, 1.165) is 21.6 Å². The molecule has 2 aromatic carbocycles. The standard InChI is InChI=1S/C24H20Cl2N4O3S2/c1-13-19(14-7-5-4-6-8-14)20(23(32)33-3)22(35-13)27-18(31)12-34-24-29-28-21(30(24)2)15-9-10-16(25)17(26)11-15/h4-11H,12H2,1-3H3,(H,27,31). The van der Waals surface area contributed by atoms with Gasteiger partial charge in [0.05, 0.1) is 22.9 Å². The summed E-state index contributed by atoms with van der Waals surface area (Å²) in [6, 6.07) is 14.8. The van der Waals surface area contributed by atoms with Crippen LogP contribution < -0.4 is 5.32 Å². The molecule has 0 fully saturated rings. The van der Waals surface area contributed by atoms with Crippen LogP contribution in [0, 0.1) is 6.92 Å². The van der Waals surface area contributed by atoms with Gasteiger partial charge in [-0.3, -0.25) is 4.79 Å². The minimum atomic E-state index is -0.504. The highest BCUT2D eigenvalue weighted by molar-refractivity contribution is 7.99. The molecular weight excluding hydrogens is 527 g/mol. The van der Waals surface area contributed by atoms with E-state index in [9.17, 15) is 9.59 Å². The zero-order chi connectivity index (χ0) is 25.1. The molecule has 0 radical (unpaired) electrons. The van der Waals surface area contributed by atoms with Crippen LogP contribution >= 0.6 is 46.3 Å². The fourth-order valence-electron chi connectivity index (χ4n) is 3.50. The largest absolute Gasteiger partial charge is 0.465 e. The van der Waals surface area contributed by atoms with Crippen LogP contribution in [0.15, 0.2) is 53.7 Å². The van der Waals surface area contributed by atoms with E-state index in [1.807, 2.05) is 44.3 Å². The lowest BCUT2D eigenvalue weighted by molar-refractivity contribution is -0.113. The third-order valence-electron chi connectivity index (χ3n) is 5.13. The predicted molar refractivity (Wildman–Crippen MR) is 142 cm³/mol. The average Bonchev–Trinajstić information content (AvgIpc) is 3.38. The zero-order valence-electron chi connectivity index (χ0n) is 19.0. The molecule has 0 saturated carbocycles. The van der Waals surface area contributed by atoms with Gasteiger partial charge in [0.2, 0.25) is 5.91 Å². The Balaban J connectivity index is 1.51. The van der Waals surface area contributed by atoms with Gasteiger partial charge in [0, 0.05) is 23.1 Å². The van der Waals surface area contributed by atoms with Crippen molar-refractivity contribution in [1.82, 2.24) is 14.8 Å². The number of rotatable bonds is 7. The molecule has 0 aliphatic carbocycles. The number of esters is 1. The first kappa shape index (κ1) is 25.2. The van der Waals surface area contributed by atoms with E-state index < -0.39 is 5.97 Å². The summed E-state index contributed by atoms with van der Waals surface area (Å²) in [5, 5.41) is 13.2. The number of hydrogen-bond acceptors (Lipinski definition) is 7. The van der Waals surface area contributed by atoms with Crippen molar-refractivity contribution in [2.24, 2.45) is 7.05 Å². The number of carbonyl (C=O) groups is 2. The Morgan fingerprint density at radius 2 is 1.83 bits per heavy atom. The lowest BCUT2D eigenvalue weighted by atomic mass is 10.0. The fraction of sp³-hybridized carbons (Fsp3) is 0.167. The maximum atomic E-state index is 12.8. The number of thioether (sulfide) groups is 1. The number of nitrogens with zero attached hydrogens (tertiary/aromatic N) is 3. The number of nitrogens with one attached hydrogen (secondary N) is 1. The van der Waals surface area contributed by atoms with Crippen molar-refractivity contribution in [2.75, 3.05) is 18.2 Å². The van der Waals surface area contributed by atoms with Crippen molar-refractivity contribution >= 4 is 63.2 Å². The first-order valence-electron chi connectivity index (χ1n) is 10.3. The number of ether oxygens (including phenoxy) is 1. The molecule has 0 aliphatic rings. The minimum Gasteiger partial charge on any atom is -0.465 e. The van der Waals surface area contributed by atoms with Gasteiger partial charge in [0.1, 0.15) is 10.6 Å². The van der Waals surface area contributed by atoms with E-state index in [0.29, 0.717) is 31.6 Å². The monoisotopic (exact) mass is 546 g/mol. The predicted octanol–water partition coefficient (Wildman–Crippen LogP) is 6.34.